The van der Waals surface area contributed by atoms with Crippen LogP contribution in [0.2, 0.25) is 5.02 Å². The van der Waals surface area contributed by atoms with Crippen LogP contribution < -0.4 is 10.0 Å². The van der Waals surface area contributed by atoms with Gasteiger partial charge in [-0.05, 0) is 37.1 Å². The van der Waals surface area contributed by atoms with Crippen molar-refractivity contribution in [2.24, 2.45) is 11.7 Å². The lowest BCUT2D eigenvalue weighted by molar-refractivity contribution is -0.133. The first-order valence-corrected chi connectivity index (χ1v) is 11.1. The molecule has 0 radical (unpaired) electrons. The molecule has 0 aromatic heterocycles. The van der Waals surface area contributed by atoms with Crippen molar-refractivity contribution in [2.75, 3.05) is 23.9 Å². The maximum absolute atomic E-state index is 13.3. The number of anilines is 1. The second-order valence-corrected chi connectivity index (χ2v) is 9.49. The Morgan fingerprint density at radius 2 is 1.76 bits per heavy atom. The molecule has 2 aliphatic heterocycles. The first kappa shape index (κ1) is 19.7. The lowest BCUT2D eigenvalue weighted by Gasteiger charge is -2.35. The van der Waals surface area contributed by atoms with Gasteiger partial charge in [0.15, 0.2) is 0 Å². The van der Waals surface area contributed by atoms with Gasteiger partial charge in [0, 0.05) is 35.2 Å². The number of likely N-dealkylation sites (tertiary alicyclic amines) is 1. The zero-order valence-electron chi connectivity index (χ0n) is 15.5. The summed E-state index contributed by atoms with van der Waals surface area (Å²) < 4.78 is 27.7. The highest BCUT2D eigenvalue weighted by Gasteiger charge is 2.37. The summed E-state index contributed by atoms with van der Waals surface area (Å²) in [5.74, 6) is -0.914. The van der Waals surface area contributed by atoms with Crippen LogP contribution in [0, 0.1) is 5.92 Å². The molecular formula is C20H20ClN3O4S. The van der Waals surface area contributed by atoms with Gasteiger partial charge in [0.05, 0.1) is 10.6 Å². The normalized spacial score (nSPS) is 18.1. The van der Waals surface area contributed by atoms with Gasteiger partial charge in [-0.2, -0.15) is 0 Å². The van der Waals surface area contributed by atoms with E-state index in [1.54, 1.807) is 41.3 Å². The third kappa shape index (κ3) is 3.47. The van der Waals surface area contributed by atoms with Crippen molar-refractivity contribution in [3.8, 4) is 11.1 Å². The smallest absolute Gasteiger partial charge is 0.265 e. The lowest BCUT2D eigenvalue weighted by Crippen LogP contribution is -2.47. The monoisotopic (exact) mass is 433 g/mol. The largest absolute Gasteiger partial charge is 0.369 e. The molecule has 0 spiro atoms. The Balaban J connectivity index is 1.66. The first-order valence-electron chi connectivity index (χ1n) is 9.28. The predicted molar refractivity (Wildman–Crippen MR) is 110 cm³/mol. The second kappa shape index (κ2) is 7.35. The molecule has 1 saturated heterocycles. The molecule has 29 heavy (non-hydrogen) atoms. The molecule has 0 saturated carbocycles. The number of nitrogens with two attached hydrogens (primary N) is 1. The third-order valence-corrected chi connectivity index (χ3v) is 7.55. The third-order valence-electron chi connectivity index (χ3n) is 5.50. The molecule has 152 valence electrons. The van der Waals surface area contributed by atoms with Gasteiger partial charge >= 0.3 is 0 Å². The summed E-state index contributed by atoms with van der Waals surface area (Å²) in [4.78, 5) is 26.0. The average molecular weight is 434 g/mol. The maximum Gasteiger partial charge on any atom is 0.265 e. The molecular weight excluding hydrogens is 414 g/mol. The molecule has 7 nitrogen and oxygen atoms in total. The van der Waals surface area contributed by atoms with Crippen LogP contribution in [0.15, 0.2) is 47.4 Å². The van der Waals surface area contributed by atoms with Crippen LogP contribution >= 0.6 is 11.6 Å². The Hall–Kier alpha value is -2.58. The topological polar surface area (TPSA) is 101 Å². The summed E-state index contributed by atoms with van der Waals surface area (Å²) in [5.41, 5.74) is 7.00. The number of sulfonamides is 1. The molecule has 0 unspecified atom stereocenters. The van der Waals surface area contributed by atoms with Crippen LogP contribution in [-0.4, -0.2) is 44.8 Å². The fourth-order valence-corrected chi connectivity index (χ4v) is 5.72. The molecule has 1 fully saturated rings. The SMILES string of the molecule is NC(=O)C1CCN(C(=O)CN2c3ccc(Cl)cc3-c3ccccc3S2(=O)=O)CC1. The fourth-order valence-electron chi connectivity index (χ4n) is 3.91. The van der Waals surface area contributed by atoms with E-state index in [0.717, 1.165) is 4.31 Å². The Morgan fingerprint density at radius 1 is 1.07 bits per heavy atom. The van der Waals surface area contributed by atoms with Crippen LogP contribution in [0.1, 0.15) is 12.8 Å². The number of halogens is 1. The van der Waals surface area contributed by atoms with Crippen molar-refractivity contribution in [1.82, 2.24) is 4.90 Å². The quantitative estimate of drug-likeness (QED) is 0.801. The number of amides is 2. The number of carbonyl (C=O) groups is 2. The van der Waals surface area contributed by atoms with Gasteiger partial charge in [-0.3, -0.25) is 13.9 Å². The van der Waals surface area contributed by atoms with Crippen LogP contribution in [0.3, 0.4) is 0 Å². The summed E-state index contributed by atoms with van der Waals surface area (Å²) in [6, 6.07) is 11.6. The van der Waals surface area contributed by atoms with Crippen LogP contribution in [0.5, 0.6) is 0 Å². The Bertz CT molecular complexity index is 1090. The van der Waals surface area contributed by atoms with Crippen molar-refractivity contribution < 1.29 is 18.0 Å². The number of hydrogen-bond donors (Lipinski definition) is 1. The van der Waals surface area contributed by atoms with Gasteiger partial charge in [0.25, 0.3) is 10.0 Å². The van der Waals surface area contributed by atoms with Gasteiger partial charge in [-0.15, -0.1) is 0 Å². The highest BCUT2D eigenvalue weighted by atomic mass is 35.5. The molecule has 2 aromatic rings. The Morgan fingerprint density at radius 3 is 2.45 bits per heavy atom. The zero-order chi connectivity index (χ0) is 20.8. The number of piperidine rings is 1. The van der Waals surface area contributed by atoms with E-state index in [1.807, 2.05) is 0 Å². The number of fused-ring (bicyclic) bond motifs is 3. The first-order chi connectivity index (χ1) is 13.8. The second-order valence-electron chi connectivity index (χ2n) is 7.23. The van der Waals surface area contributed by atoms with Gasteiger partial charge in [0.2, 0.25) is 11.8 Å². The van der Waals surface area contributed by atoms with E-state index in [1.165, 1.54) is 6.07 Å². The number of nitrogens with zero attached hydrogens (tertiary/aromatic N) is 2. The summed E-state index contributed by atoms with van der Waals surface area (Å²) >= 11 is 6.15. The van der Waals surface area contributed by atoms with E-state index in [9.17, 15) is 18.0 Å². The van der Waals surface area contributed by atoms with Gasteiger partial charge in [-0.1, -0.05) is 29.8 Å². The molecule has 4 rings (SSSR count). The van der Waals surface area contributed by atoms with Crippen molar-refractivity contribution in [1.29, 1.82) is 0 Å². The standard InChI is InChI=1S/C20H20ClN3O4S/c21-14-5-6-17-16(11-14)15-3-1-2-4-18(15)29(27,28)24(17)12-19(25)23-9-7-13(8-10-23)20(22)26/h1-6,11,13H,7-10,12H2,(H2,22,26). The minimum absolute atomic E-state index is 0.148. The minimum Gasteiger partial charge on any atom is -0.369 e. The molecule has 9 heteroatoms. The van der Waals surface area contributed by atoms with Gasteiger partial charge < -0.3 is 10.6 Å². The van der Waals surface area contributed by atoms with E-state index < -0.39 is 10.0 Å². The summed E-state index contributed by atoms with van der Waals surface area (Å²) in [5, 5.41) is 0.484. The molecule has 0 bridgehead atoms. The predicted octanol–water partition coefficient (Wildman–Crippen LogP) is 2.24. The summed E-state index contributed by atoms with van der Waals surface area (Å²) in [6.45, 7) is 0.446. The number of benzene rings is 2. The Kier molecular flexibility index (Phi) is 5.00. The minimum atomic E-state index is -3.90. The molecule has 2 amide bonds. The lowest BCUT2D eigenvalue weighted by atomic mass is 9.96. The number of rotatable bonds is 3. The molecule has 2 aliphatic rings. The fraction of sp³-hybridized carbons (Fsp3) is 0.300. The van der Waals surface area contributed by atoms with Crippen molar-refractivity contribution in [2.45, 2.75) is 17.7 Å². The van der Waals surface area contributed by atoms with Crippen molar-refractivity contribution in [3.05, 3.63) is 47.5 Å². The van der Waals surface area contributed by atoms with Crippen LogP contribution in [0.4, 0.5) is 5.69 Å². The molecule has 0 atom stereocenters. The highest BCUT2D eigenvalue weighted by molar-refractivity contribution is 7.93. The van der Waals surface area contributed by atoms with Crippen molar-refractivity contribution >= 4 is 39.1 Å². The summed E-state index contributed by atoms with van der Waals surface area (Å²) in [7, 11) is -3.90. The zero-order valence-corrected chi connectivity index (χ0v) is 17.1. The van der Waals surface area contributed by atoms with E-state index in [2.05, 4.69) is 0 Å². The maximum atomic E-state index is 13.3. The number of hydrogen-bond acceptors (Lipinski definition) is 4. The van der Waals surface area contributed by atoms with Crippen molar-refractivity contribution in [3.63, 3.8) is 0 Å². The van der Waals surface area contributed by atoms with Gasteiger partial charge in [0.1, 0.15) is 6.54 Å². The van der Waals surface area contributed by atoms with Crippen LogP contribution in [-0.2, 0) is 19.6 Å². The molecule has 2 aromatic carbocycles. The average Bonchev–Trinajstić information content (AvgIpc) is 2.71. The number of carbonyl (C=O) groups excluding carboxylic acids is 2. The summed E-state index contributed by atoms with van der Waals surface area (Å²) in [6.07, 6.45) is 0.978. The molecule has 0 aliphatic carbocycles. The van der Waals surface area contributed by atoms with Gasteiger partial charge in [-0.25, -0.2) is 8.42 Å². The van der Waals surface area contributed by atoms with E-state index in [4.69, 9.17) is 17.3 Å². The molecule has 2 heterocycles. The Labute approximate surface area is 174 Å². The molecule has 2 N–H and O–H groups in total. The highest BCUT2D eigenvalue weighted by Crippen LogP contribution is 2.43. The van der Waals surface area contributed by atoms with E-state index in [0.29, 0.717) is 47.8 Å². The van der Waals surface area contributed by atoms with E-state index >= 15 is 0 Å². The number of primary amides is 1. The van der Waals surface area contributed by atoms with Crippen LogP contribution in [0.25, 0.3) is 11.1 Å². The van der Waals surface area contributed by atoms with E-state index in [-0.39, 0.29) is 29.2 Å².